The molecule has 0 spiro atoms. The first-order chi connectivity index (χ1) is 14.6. The minimum atomic E-state index is -0.587. The van der Waals surface area contributed by atoms with Crippen molar-refractivity contribution >= 4 is 0 Å². The molecule has 166 valence electrons. The molecule has 0 radical (unpaired) electrons. The molecule has 1 fully saturated rings. The zero-order valence-corrected chi connectivity index (χ0v) is 18.9. The van der Waals surface area contributed by atoms with Gasteiger partial charge in [0, 0.05) is 0 Å². The van der Waals surface area contributed by atoms with Crippen LogP contribution in [0.5, 0.6) is 0 Å². The predicted molar refractivity (Wildman–Crippen MR) is 124 cm³/mol. The third-order valence-corrected chi connectivity index (χ3v) is 7.59. The number of rotatable bonds is 10. The Bertz CT molecular complexity index is 710. The van der Waals surface area contributed by atoms with E-state index in [1.807, 2.05) is 18.2 Å². The molecule has 3 rings (SSSR count). The first-order valence-electron chi connectivity index (χ1n) is 12.4. The van der Waals surface area contributed by atoms with E-state index in [1.165, 1.54) is 32.1 Å². The van der Waals surface area contributed by atoms with E-state index in [0.717, 1.165) is 63.2 Å². The first-order valence-corrected chi connectivity index (χ1v) is 12.4. The smallest absolute Gasteiger partial charge is 0.162 e. The van der Waals surface area contributed by atoms with E-state index in [4.69, 9.17) is 0 Å². The molecule has 0 heterocycles. The second-order valence-electron chi connectivity index (χ2n) is 9.59. The molecule has 1 atom stereocenters. The Morgan fingerprint density at radius 1 is 0.933 bits per heavy atom. The third-order valence-electron chi connectivity index (χ3n) is 7.59. The summed E-state index contributed by atoms with van der Waals surface area (Å²) >= 11 is 0. The summed E-state index contributed by atoms with van der Waals surface area (Å²) in [6, 6.07) is 3.73. The topological polar surface area (TPSA) is 0 Å². The standard InChI is InChI=1S/C28H40F2/c1-3-5-7-8-10-25-19-20-26(28(30)27(25)29)24-17-15-23(16-18-24)22-13-11-21(12-14-22)9-6-4-2/h4,11,19-20,22-24H,2-3,5-10,12-18H2,1H3. The van der Waals surface area contributed by atoms with Gasteiger partial charge in [-0.25, -0.2) is 8.78 Å². The highest BCUT2D eigenvalue weighted by atomic mass is 19.2. The average Bonchev–Trinajstić information content (AvgIpc) is 2.78. The normalized spacial score (nSPS) is 24.5. The van der Waals surface area contributed by atoms with E-state index in [-0.39, 0.29) is 5.92 Å². The van der Waals surface area contributed by atoms with Crippen LogP contribution < -0.4 is 0 Å². The predicted octanol–water partition coefficient (Wildman–Crippen LogP) is 9.05. The van der Waals surface area contributed by atoms with Crippen molar-refractivity contribution < 1.29 is 8.78 Å². The Morgan fingerprint density at radius 2 is 1.73 bits per heavy atom. The largest absolute Gasteiger partial charge is 0.203 e. The maximum absolute atomic E-state index is 14.8. The highest BCUT2D eigenvalue weighted by molar-refractivity contribution is 5.29. The Labute approximate surface area is 182 Å². The molecule has 0 nitrogen and oxygen atoms in total. The van der Waals surface area contributed by atoms with E-state index in [9.17, 15) is 8.78 Å². The van der Waals surface area contributed by atoms with Gasteiger partial charge in [-0.15, -0.1) is 6.58 Å². The molecule has 0 amide bonds. The highest BCUT2D eigenvalue weighted by Gasteiger charge is 2.30. The number of hydrogen-bond acceptors (Lipinski definition) is 0. The summed E-state index contributed by atoms with van der Waals surface area (Å²) < 4.78 is 29.5. The fourth-order valence-corrected chi connectivity index (χ4v) is 5.61. The van der Waals surface area contributed by atoms with Crippen LogP contribution in [0.15, 0.2) is 36.4 Å². The maximum Gasteiger partial charge on any atom is 0.162 e. The van der Waals surface area contributed by atoms with Gasteiger partial charge in [-0.1, -0.05) is 56.0 Å². The molecule has 0 bridgehead atoms. The quantitative estimate of drug-likeness (QED) is 0.264. The number of halogens is 2. The number of unbranched alkanes of at least 4 members (excludes halogenated alkanes) is 3. The van der Waals surface area contributed by atoms with Gasteiger partial charge in [0.1, 0.15) is 0 Å². The van der Waals surface area contributed by atoms with Gasteiger partial charge in [-0.05, 0) is 99.5 Å². The zero-order chi connectivity index (χ0) is 21.3. The molecule has 0 N–H and O–H groups in total. The molecular weight excluding hydrogens is 374 g/mol. The van der Waals surface area contributed by atoms with Crippen molar-refractivity contribution in [1.82, 2.24) is 0 Å². The molecule has 30 heavy (non-hydrogen) atoms. The van der Waals surface area contributed by atoms with Crippen molar-refractivity contribution in [1.29, 1.82) is 0 Å². The van der Waals surface area contributed by atoms with Crippen LogP contribution in [0, 0.1) is 23.5 Å². The lowest BCUT2D eigenvalue weighted by molar-refractivity contribution is 0.215. The molecule has 0 saturated heterocycles. The molecule has 1 saturated carbocycles. The van der Waals surface area contributed by atoms with Gasteiger partial charge in [-0.2, -0.15) is 0 Å². The summed E-state index contributed by atoms with van der Waals surface area (Å²) in [5, 5.41) is 0. The van der Waals surface area contributed by atoms with Gasteiger partial charge < -0.3 is 0 Å². The number of benzene rings is 1. The van der Waals surface area contributed by atoms with Gasteiger partial charge >= 0.3 is 0 Å². The molecule has 0 aromatic heterocycles. The van der Waals surface area contributed by atoms with Gasteiger partial charge in [0.2, 0.25) is 0 Å². The Kier molecular flexibility index (Phi) is 9.15. The SMILES string of the molecule is C=CCCC1=CCC(C2CCC(c3ccc(CCCCCC)c(F)c3F)CC2)CC1. The van der Waals surface area contributed by atoms with Gasteiger partial charge in [0.05, 0.1) is 0 Å². The molecule has 2 aliphatic rings. The van der Waals surface area contributed by atoms with Crippen molar-refractivity contribution in [3.05, 3.63) is 59.2 Å². The molecule has 1 unspecified atom stereocenters. The maximum atomic E-state index is 14.8. The fraction of sp³-hybridized carbons (Fsp3) is 0.643. The van der Waals surface area contributed by atoms with Gasteiger partial charge in [0.25, 0.3) is 0 Å². The van der Waals surface area contributed by atoms with Crippen LogP contribution in [0.25, 0.3) is 0 Å². The summed E-state index contributed by atoms with van der Waals surface area (Å²) in [6.45, 7) is 5.99. The number of aryl methyl sites for hydroxylation is 1. The molecule has 1 aromatic rings. The monoisotopic (exact) mass is 414 g/mol. The summed E-state index contributed by atoms with van der Waals surface area (Å²) in [5.41, 5.74) is 2.79. The molecule has 2 heteroatoms. The highest BCUT2D eigenvalue weighted by Crippen LogP contribution is 2.43. The van der Waals surface area contributed by atoms with E-state index >= 15 is 0 Å². The van der Waals surface area contributed by atoms with Crippen LogP contribution in [-0.2, 0) is 6.42 Å². The molecule has 1 aromatic carbocycles. The first kappa shape index (κ1) is 23.2. The van der Waals surface area contributed by atoms with Crippen molar-refractivity contribution in [3.63, 3.8) is 0 Å². The Hall–Kier alpha value is -1.44. The summed E-state index contributed by atoms with van der Waals surface area (Å²) in [7, 11) is 0. The second-order valence-corrected chi connectivity index (χ2v) is 9.59. The van der Waals surface area contributed by atoms with Crippen LogP contribution >= 0.6 is 0 Å². The van der Waals surface area contributed by atoms with Crippen molar-refractivity contribution in [2.24, 2.45) is 11.8 Å². The second kappa shape index (κ2) is 11.8. The lowest BCUT2D eigenvalue weighted by atomic mass is 9.70. The van der Waals surface area contributed by atoms with Gasteiger partial charge in [0.15, 0.2) is 11.6 Å². The van der Waals surface area contributed by atoms with Gasteiger partial charge in [-0.3, -0.25) is 0 Å². The summed E-state index contributed by atoms with van der Waals surface area (Å²) in [4.78, 5) is 0. The van der Waals surface area contributed by atoms with Crippen LogP contribution in [0.4, 0.5) is 8.78 Å². The van der Waals surface area contributed by atoms with Crippen molar-refractivity contribution in [3.8, 4) is 0 Å². The third kappa shape index (κ3) is 6.05. The lowest BCUT2D eigenvalue weighted by Crippen LogP contribution is -2.23. The van der Waals surface area contributed by atoms with Crippen LogP contribution in [0.2, 0.25) is 0 Å². The molecular formula is C28H40F2. The Balaban J connectivity index is 1.52. The van der Waals surface area contributed by atoms with Crippen LogP contribution in [-0.4, -0.2) is 0 Å². The van der Waals surface area contributed by atoms with E-state index < -0.39 is 11.6 Å². The van der Waals surface area contributed by atoms with Crippen molar-refractivity contribution in [2.75, 3.05) is 0 Å². The number of hydrogen-bond donors (Lipinski definition) is 0. The fourth-order valence-electron chi connectivity index (χ4n) is 5.61. The lowest BCUT2D eigenvalue weighted by Gasteiger charge is -2.36. The molecule has 2 aliphatic carbocycles. The van der Waals surface area contributed by atoms with E-state index in [2.05, 4.69) is 19.6 Å². The van der Waals surface area contributed by atoms with Crippen molar-refractivity contribution in [2.45, 2.75) is 103 Å². The zero-order valence-electron chi connectivity index (χ0n) is 18.9. The van der Waals surface area contributed by atoms with Crippen LogP contribution in [0.1, 0.15) is 107 Å². The van der Waals surface area contributed by atoms with Crippen LogP contribution in [0.3, 0.4) is 0 Å². The minimum absolute atomic E-state index is 0.187. The number of allylic oxidation sites excluding steroid dienone is 3. The Morgan fingerprint density at radius 3 is 2.40 bits per heavy atom. The summed E-state index contributed by atoms with van der Waals surface area (Å²) in [6.07, 6.45) is 19.8. The van der Waals surface area contributed by atoms with E-state index in [0.29, 0.717) is 17.5 Å². The summed E-state index contributed by atoms with van der Waals surface area (Å²) in [5.74, 6) is 0.566. The average molecular weight is 415 g/mol. The molecule has 0 aliphatic heterocycles. The van der Waals surface area contributed by atoms with E-state index in [1.54, 1.807) is 5.57 Å². The minimum Gasteiger partial charge on any atom is -0.203 e.